The van der Waals surface area contributed by atoms with Crippen molar-refractivity contribution in [1.82, 2.24) is 10.2 Å². The molecule has 0 aliphatic heterocycles. The number of rotatable bonds is 1. The van der Waals surface area contributed by atoms with E-state index in [1.807, 2.05) is 12.1 Å². The Morgan fingerprint density at radius 3 is 3.25 bits per heavy atom. The summed E-state index contributed by atoms with van der Waals surface area (Å²) in [6.45, 7) is 1.50. The fourth-order valence-corrected chi connectivity index (χ4v) is 1.17. The molecule has 1 aromatic carbocycles. The molecule has 0 saturated carbocycles. The number of ketones is 1. The molecule has 0 spiro atoms. The molecule has 2 aromatic rings. The average Bonchev–Trinajstić information content (AvgIpc) is 2.47. The van der Waals surface area contributed by atoms with Crippen LogP contribution < -0.4 is 0 Å². The van der Waals surface area contributed by atoms with E-state index in [1.54, 1.807) is 6.07 Å². The van der Waals surface area contributed by atoms with Gasteiger partial charge < -0.3 is 0 Å². The van der Waals surface area contributed by atoms with Gasteiger partial charge in [-0.1, -0.05) is 18.2 Å². The van der Waals surface area contributed by atoms with Crippen LogP contribution in [0.2, 0.25) is 0 Å². The van der Waals surface area contributed by atoms with Gasteiger partial charge in [0, 0.05) is 18.4 Å². The number of nitrogens with zero attached hydrogens (tertiary/aromatic N) is 1. The van der Waals surface area contributed by atoms with E-state index < -0.39 is 0 Å². The Hall–Kier alpha value is -1.64. The van der Waals surface area contributed by atoms with Crippen LogP contribution in [0.4, 0.5) is 0 Å². The summed E-state index contributed by atoms with van der Waals surface area (Å²) in [5, 5.41) is 7.47. The fraction of sp³-hybridized carbons (Fsp3) is 0.111. The maximum Gasteiger partial charge on any atom is 0.180 e. The number of para-hydroxylation sites is 1. The van der Waals surface area contributed by atoms with Crippen molar-refractivity contribution >= 4 is 16.7 Å². The van der Waals surface area contributed by atoms with Crippen LogP contribution >= 0.6 is 0 Å². The van der Waals surface area contributed by atoms with Crippen LogP contribution in [0.3, 0.4) is 0 Å². The van der Waals surface area contributed by atoms with Crippen LogP contribution in [-0.4, -0.2) is 16.0 Å². The third kappa shape index (κ3) is 0.906. The van der Waals surface area contributed by atoms with Crippen LogP contribution in [0.15, 0.2) is 18.2 Å². The van der Waals surface area contributed by atoms with Gasteiger partial charge in [0.15, 0.2) is 5.78 Å². The molecular weight excluding hydrogens is 152 g/mol. The summed E-state index contributed by atoms with van der Waals surface area (Å²) in [6.07, 6.45) is 0. The van der Waals surface area contributed by atoms with Gasteiger partial charge in [-0.15, -0.1) is 0 Å². The molecule has 0 amide bonds. The molecule has 0 saturated heterocycles. The van der Waals surface area contributed by atoms with Gasteiger partial charge in [0.25, 0.3) is 0 Å². The van der Waals surface area contributed by atoms with Crippen molar-refractivity contribution in [2.45, 2.75) is 6.92 Å². The number of aromatic amines is 1. The van der Waals surface area contributed by atoms with Gasteiger partial charge in [0.2, 0.25) is 0 Å². The van der Waals surface area contributed by atoms with E-state index in [-0.39, 0.29) is 5.78 Å². The molecule has 1 aromatic heterocycles. The van der Waals surface area contributed by atoms with Gasteiger partial charge in [-0.3, -0.25) is 9.89 Å². The summed E-state index contributed by atoms with van der Waals surface area (Å²) in [6, 6.07) is 8.43. The Labute approximate surface area is 69.4 Å². The van der Waals surface area contributed by atoms with E-state index in [9.17, 15) is 4.79 Å². The molecule has 12 heavy (non-hydrogen) atoms. The van der Waals surface area contributed by atoms with Crippen molar-refractivity contribution in [2.75, 3.05) is 0 Å². The molecule has 3 nitrogen and oxygen atoms in total. The second kappa shape index (κ2) is 2.44. The summed E-state index contributed by atoms with van der Waals surface area (Å²) in [7, 11) is 0. The first-order valence-corrected chi connectivity index (χ1v) is 3.65. The number of hydrogen-bond acceptors (Lipinski definition) is 2. The van der Waals surface area contributed by atoms with Crippen LogP contribution in [0.25, 0.3) is 10.9 Å². The summed E-state index contributed by atoms with van der Waals surface area (Å²) < 4.78 is 0. The second-order valence-corrected chi connectivity index (χ2v) is 2.59. The number of fused-ring (bicyclic) bond motifs is 1. The molecular formula is C9H7N2O. The molecule has 3 heteroatoms. The highest BCUT2D eigenvalue weighted by atomic mass is 16.1. The molecule has 59 valence electrons. The van der Waals surface area contributed by atoms with Crippen molar-refractivity contribution < 1.29 is 4.79 Å². The van der Waals surface area contributed by atoms with Crippen molar-refractivity contribution in [3.63, 3.8) is 0 Å². The second-order valence-electron chi connectivity index (χ2n) is 2.59. The zero-order chi connectivity index (χ0) is 8.55. The first-order chi connectivity index (χ1) is 5.79. The molecule has 0 aliphatic carbocycles. The number of Topliss-reactive ketones (excluding diaryl/α,β-unsaturated/α-hetero) is 1. The lowest BCUT2D eigenvalue weighted by Gasteiger charge is -1.87. The SMILES string of the molecule is CC(=O)c1n[nH]c2[c]cccc12. The molecule has 1 heterocycles. The zero-order valence-corrected chi connectivity index (χ0v) is 6.59. The third-order valence-electron chi connectivity index (χ3n) is 1.72. The van der Waals surface area contributed by atoms with E-state index in [4.69, 9.17) is 0 Å². The third-order valence-corrected chi connectivity index (χ3v) is 1.72. The summed E-state index contributed by atoms with van der Waals surface area (Å²) in [4.78, 5) is 11.0. The molecule has 0 unspecified atom stereocenters. The number of hydrogen-bond donors (Lipinski definition) is 1. The van der Waals surface area contributed by atoms with E-state index in [1.165, 1.54) is 6.92 Å². The van der Waals surface area contributed by atoms with Gasteiger partial charge >= 0.3 is 0 Å². The van der Waals surface area contributed by atoms with Gasteiger partial charge in [-0.05, 0) is 0 Å². The highest BCUT2D eigenvalue weighted by molar-refractivity contribution is 6.04. The molecule has 1 N–H and O–H groups in total. The van der Waals surface area contributed by atoms with Crippen LogP contribution in [0, 0.1) is 6.07 Å². The minimum Gasteiger partial charge on any atom is -0.293 e. The number of nitrogens with one attached hydrogen (secondary N) is 1. The molecule has 0 bridgehead atoms. The highest BCUT2D eigenvalue weighted by Crippen LogP contribution is 2.14. The standard InChI is InChI=1S/C9H7N2O/c1-6(12)9-7-4-2-3-5-8(7)10-11-9/h2-4H,1H3,(H,10,11). The topological polar surface area (TPSA) is 45.8 Å². The zero-order valence-electron chi connectivity index (χ0n) is 6.59. The lowest BCUT2D eigenvalue weighted by atomic mass is 10.2. The first kappa shape index (κ1) is 7.03. The molecule has 0 fully saturated rings. The predicted octanol–water partition coefficient (Wildman–Crippen LogP) is 1.57. The van der Waals surface area contributed by atoms with Crippen molar-refractivity contribution in [2.24, 2.45) is 0 Å². The van der Waals surface area contributed by atoms with Gasteiger partial charge in [-0.25, -0.2) is 0 Å². The predicted molar refractivity (Wildman–Crippen MR) is 44.9 cm³/mol. The Kier molecular flexibility index (Phi) is 1.43. The normalized spacial score (nSPS) is 10.4. The Morgan fingerprint density at radius 2 is 2.50 bits per heavy atom. The Morgan fingerprint density at radius 1 is 1.67 bits per heavy atom. The van der Waals surface area contributed by atoms with E-state index in [0.29, 0.717) is 5.69 Å². The summed E-state index contributed by atoms with van der Waals surface area (Å²) in [5.41, 5.74) is 1.27. The lowest BCUT2D eigenvalue weighted by Crippen LogP contribution is -1.91. The Bertz CT molecular complexity index is 431. The number of carbonyl (C=O) groups is 1. The molecule has 0 aliphatic rings. The van der Waals surface area contributed by atoms with Crippen molar-refractivity contribution in [3.8, 4) is 0 Å². The smallest absolute Gasteiger partial charge is 0.180 e. The van der Waals surface area contributed by atoms with Crippen molar-refractivity contribution in [3.05, 3.63) is 30.0 Å². The summed E-state index contributed by atoms with van der Waals surface area (Å²) in [5.74, 6) is -0.0270. The Balaban J connectivity index is 2.79. The number of H-pyrrole nitrogens is 1. The maximum atomic E-state index is 11.0. The molecule has 0 atom stereocenters. The van der Waals surface area contributed by atoms with Crippen molar-refractivity contribution in [1.29, 1.82) is 0 Å². The number of carbonyl (C=O) groups excluding carboxylic acids is 1. The van der Waals surface area contributed by atoms with Gasteiger partial charge in [0.05, 0.1) is 5.52 Å². The molecule has 1 radical (unpaired) electrons. The average molecular weight is 159 g/mol. The summed E-state index contributed by atoms with van der Waals surface area (Å²) >= 11 is 0. The maximum absolute atomic E-state index is 11.0. The van der Waals surface area contributed by atoms with Gasteiger partial charge in [-0.2, -0.15) is 5.10 Å². The molecule has 2 rings (SSSR count). The minimum absolute atomic E-state index is 0.0270. The van der Waals surface area contributed by atoms with E-state index in [0.717, 1.165) is 10.9 Å². The van der Waals surface area contributed by atoms with E-state index in [2.05, 4.69) is 16.3 Å². The van der Waals surface area contributed by atoms with Crippen LogP contribution in [0.1, 0.15) is 17.4 Å². The fourth-order valence-electron chi connectivity index (χ4n) is 1.17. The van der Waals surface area contributed by atoms with Gasteiger partial charge in [0.1, 0.15) is 5.69 Å². The minimum atomic E-state index is -0.0270. The highest BCUT2D eigenvalue weighted by Gasteiger charge is 2.07. The van der Waals surface area contributed by atoms with Crippen LogP contribution in [-0.2, 0) is 0 Å². The monoisotopic (exact) mass is 159 g/mol. The number of benzene rings is 1. The quantitative estimate of drug-likeness (QED) is 0.642. The van der Waals surface area contributed by atoms with E-state index >= 15 is 0 Å². The number of aromatic nitrogens is 2. The van der Waals surface area contributed by atoms with Crippen LogP contribution in [0.5, 0.6) is 0 Å². The lowest BCUT2D eigenvalue weighted by molar-refractivity contribution is 0.101. The first-order valence-electron chi connectivity index (χ1n) is 3.65. The largest absolute Gasteiger partial charge is 0.293 e.